The van der Waals surface area contributed by atoms with Gasteiger partial charge in [0.05, 0.1) is 32.2 Å². The highest BCUT2D eigenvalue weighted by molar-refractivity contribution is 7.20. The Morgan fingerprint density at radius 3 is 2.85 bits per heavy atom. The number of hydrogen-bond donors (Lipinski definition) is 3. The summed E-state index contributed by atoms with van der Waals surface area (Å²) in [6, 6.07) is 20.8. The Morgan fingerprint density at radius 1 is 1.07 bits per heavy atom. The van der Waals surface area contributed by atoms with Crippen molar-refractivity contribution in [1.29, 1.82) is 0 Å². The van der Waals surface area contributed by atoms with E-state index in [0.717, 1.165) is 26.0 Å². The molecule has 0 bridgehead atoms. The summed E-state index contributed by atoms with van der Waals surface area (Å²) in [5.41, 5.74) is 3.29. The molecule has 0 saturated heterocycles. The molecule has 0 unspecified atom stereocenters. The number of H-pyrrole nitrogens is 1. The van der Waals surface area contributed by atoms with Gasteiger partial charge in [-0.1, -0.05) is 53.8 Å². The van der Waals surface area contributed by atoms with E-state index < -0.39 is 0 Å². The number of thiophene rings is 1. The van der Waals surface area contributed by atoms with Gasteiger partial charge in [0, 0.05) is 11.1 Å². The van der Waals surface area contributed by atoms with Crippen molar-refractivity contribution < 1.29 is 13.9 Å². The highest BCUT2D eigenvalue weighted by atomic mass is 35.5. The Morgan fingerprint density at radius 2 is 1.98 bits per heavy atom. The zero-order valence-electron chi connectivity index (χ0n) is 21.2. The molecule has 0 aliphatic rings. The van der Waals surface area contributed by atoms with Crippen molar-refractivity contribution in [2.75, 3.05) is 11.9 Å². The molecule has 0 radical (unpaired) electrons. The minimum absolute atomic E-state index is 0.164. The smallest absolute Gasteiger partial charge is 0.273 e. The van der Waals surface area contributed by atoms with Gasteiger partial charge in [0.1, 0.15) is 24.5 Å². The Bertz CT molecular complexity index is 1960. The van der Waals surface area contributed by atoms with Crippen LogP contribution < -0.4 is 15.4 Å². The molecule has 0 fully saturated rings. The highest BCUT2D eigenvalue weighted by Gasteiger charge is 2.13. The normalized spacial score (nSPS) is 10.8. The van der Waals surface area contributed by atoms with Crippen LogP contribution in [0.1, 0.15) is 20.9 Å². The van der Waals surface area contributed by atoms with Crippen molar-refractivity contribution in [1.82, 2.24) is 25.5 Å². The topological polar surface area (TPSA) is 105 Å². The molecule has 0 atom stereocenters. The maximum absolute atomic E-state index is 13.4. The van der Waals surface area contributed by atoms with Gasteiger partial charge in [-0.25, -0.2) is 14.4 Å². The number of anilines is 2. The van der Waals surface area contributed by atoms with Gasteiger partial charge >= 0.3 is 0 Å². The molecule has 3 aromatic carbocycles. The lowest BCUT2D eigenvalue weighted by atomic mass is 10.2. The summed E-state index contributed by atoms with van der Waals surface area (Å²) in [7, 11) is 0. The Kier molecular flexibility index (Phi) is 7.45. The van der Waals surface area contributed by atoms with Crippen LogP contribution in [0.4, 0.5) is 15.9 Å². The number of aromatic amines is 1. The summed E-state index contributed by atoms with van der Waals surface area (Å²) in [5.74, 6) is 6.54. The number of ether oxygens (including phenoxy) is 1. The second kappa shape index (κ2) is 11.6. The number of benzene rings is 3. The maximum Gasteiger partial charge on any atom is 0.273 e. The Labute approximate surface area is 242 Å². The van der Waals surface area contributed by atoms with E-state index in [-0.39, 0.29) is 24.9 Å². The zero-order valence-corrected chi connectivity index (χ0v) is 22.8. The predicted molar refractivity (Wildman–Crippen MR) is 158 cm³/mol. The third-order valence-electron chi connectivity index (χ3n) is 6.02. The number of fused-ring (bicyclic) bond motifs is 2. The number of hydrogen-bond acceptors (Lipinski definition) is 7. The van der Waals surface area contributed by atoms with Crippen molar-refractivity contribution >= 4 is 61.5 Å². The Balaban J connectivity index is 1.11. The van der Waals surface area contributed by atoms with Crippen LogP contribution in [0, 0.1) is 17.7 Å². The number of nitrogens with zero attached hydrogens (tertiary/aromatic N) is 3. The molecular formula is C30H20ClFN6O2S. The van der Waals surface area contributed by atoms with Gasteiger partial charge in [-0.3, -0.25) is 9.89 Å². The first-order valence-electron chi connectivity index (χ1n) is 12.4. The highest BCUT2D eigenvalue weighted by Crippen LogP contribution is 2.33. The molecule has 0 spiro atoms. The second-order valence-corrected chi connectivity index (χ2v) is 10.3. The van der Waals surface area contributed by atoms with Gasteiger partial charge in [-0.2, -0.15) is 5.10 Å². The molecule has 11 heteroatoms. The van der Waals surface area contributed by atoms with Gasteiger partial charge in [0.2, 0.25) is 0 Å². The number of para-hydroxylation sites is 1. The summed E-state index contributed by atoms with van der Waals surface area (Å²) in [6.07, 6.45) is 1.47. The Hall–Kier alpha value is -4.98. The van der Waals surface area contributed by atoms with E-state index in [0.29, 0.717) is 33.5 Å². The van der Waals surface area contributed by atoms with Crippen LogP contribution in [0.5, 0.6) is 5.75 Å². The van der Waals surface area contributed by atoms with E-state index in [1.807, 2.05) is 36.4 Å². The molecule has 0 aliphatic heterocycles. The first kappa shape index (κ1) is 26.3. The molecule has 6 aromatic rings. The molecule has 8 nitrogen and oxygen atoms in total. The van der Waals surface area contributed by atoms with Crippen molar-refractivity contribution in [2.45, 2.75) is 6.61 Å². The van der Waals surface area contributed by atoms with E-state index in [9.17, 15) is 9.18 Å². The fourth-order valence-electron chi connectivity index (χ4n) is 4.10. The molecule has 3 N–H and O–H groups in total. The number of carbonyl (C=O) groups excluding carboxylic acids is 1. The zero-order chi connectivity index (χ0) is 28.2. The van der Waals surface area contributed by atoms with Crippen LogP contribution in [0.15, 0.2) is 79.1 Å². The predicted octanol–water partition coefficient (Wildman–Crippen LogP) is 6.46. The molecule has 6 rings (SSSR count). The minimum atomic E-state index is -0.318. The van der Waals surface area contributed by atoms with E-state index >= 15 is 0 Å². The lowest BCUT2D eigenvalue weighted by Gasteiger charge is -2.11. The number of nitrogens with one attached hydrogen (secondary N) is 3. The first-order valence-corrected chi connectivity index (χ1v) is 13.6. The van der Waals surface area contributed by atoms with Gasteiger partial charge in [-0.05, 0) is 48.0 Å². The first-order chi connectivity index (χ1) is 20.0. The molecular weight excluding hydrogens is 563 g/mol. The van der Waals surface area contributed by atoms with E-state index in [1.54, 1.807) is 24.3 Å². The monoisotopic (exact) mass is 582 g/mol. The molecule has 41 heavy (non-hydrogen) atoms. The quantitative estimate of drug-likeness (QED) is 0.187. The standard InChI is InChI=1S/C30H20ClFN6O2S/c31-23-14-20(10-11-26(23)40-16-18-5-3-6-19(32)13-18)36-29-28-25(34-17-35-29)15-21(41-28)7-4-12-33-30(39)27-22-8-1-2-9-24(22)37-38-27/h1-3,5-6,8-11,13-15,17H,12,16H2,(H,33,39)(H,37,38)(H,34,35,36). The summed E-state index contributed by atoms with van der Waals surface area (Å²) < 4.78 is 20.0. The van der Waals surface area contributed by atoms with Crippen molar-refractivity contribution in [3.05, 3.63) is 106 Å². The molecule has 202 valence electrons. The molecule has 0 saturated carbocycles. The SMILES string of the molecule is O=C(NCC#Cc1cc2ncnc(Nc3ccc(OCc4cccc(F)c4)c(Cl)c3)c2s1)c1n[nH]c2ccccc12. The van der Waals surface area contributed by atoms with E-state index in [2.05, 4.69) is 42.6 Å². The van der Waals surface area contributed by atoms with Crippen LogP contribution >= 0.6 is 22.9 Å². The van der Waals surface area contributed by atoms with Crippen molar-refractivity contribution in [3.8, 4) is 17.6 Å². The number of amides is 1. The average molecular weight is 583 g/mol. The van der Waals surface area contributed by atoms with Gasteiger partial charge in [0.25, 0.3) is 5.91 Å². The molecule has 3 aromatic heterocycles. The lowest BCUT2D eigenvalue weighted by Crippen LogP contribution is -2.24. The van der Waals surface area contributed by atoms with Gasteiger partial charge in [0.15, 0.2) is 11.5 Å². The number of aromatic nitrogens is 4. The van der Waals surface area contributed by atoms with E-state index in [1.165, 1.54) is 29.8 Å². The average Bonchev–Trinajstić information content (AvgIpc) is 3.60. The van der Waals surface area contributed by atoms with Gasteiger partial charge < -0.3 is 15.4 Å². The van der Waals surface area contributed by atoms with Gasteiger partial charge in [-0.15, -0.1) is 11.3 Å². The van der Waals surface area contributed by atoms with Crippen molar-refractivity contribution in [3.63, 3.8) is 0 Å². The van der Waals surface area contributed by atoms with Crippen LogP contribution in [-0.4, -0.2) is 32.6 Å². The third-order valence-corrected chi connectivity index (χ3v) is 7.37. The number of rotatable bonds is 7. The number of halogens is 2. The van der Waals surface area contributed by atoms with Crippen LogP contribution in [0.2, 0.25) is 5.02 Å². The maximum atomic E-state index is 13.4. The van der Waals surface area contributed by atoms with Crippen molar-refractivity contribution in [2.24, 2.45) is 0 Å². The summed E-state index contributed by atoms with van der Waals surface area (Å²) >= 11 is 7.88. The fourth-order valence-corrected chi connectivity index (χ4v) is 5.27. The second-order valence-electron chi connectivity index (χ2n) is 8.84. The summed E-state index contributed by atoms with van der Waals surface area (Å²) in [6.45, 7) is 0.358. The molecule has 3 heterocycles. The minimum Gasteiger partial charge on any atom is -0.487 e. The fraction of sp³-hybridized carbons (Fsp3) is 0.0667. The van der Waals surface area contributed by atoms with Crippen LogP contribution in [0.3, 0.4) is 0 Å². The lowest BCUT2D eigenvalue weighted by molar-refractivity contribution is 0.0955. The van der Waals surface area contributed by atoms with Crippen LogP contribution in [-0.2, 0) is 6.61 Å². The molecule has 1 amide bonds. The summed E-state index contributed by atoms with van der Waals surface area (Å²) in [4.78, 5) is 22.1. The number of carbonyl (C=O) groups is 1. The van der Waals surface area contributed by atoms with Crippen LogP contribution in [0.25, 0.3) is 21.1 Å². The summed E-state index contributed by atoms with van der Waals surface area (Å²) in [5, 5.41) is 14.2. The largest absolute Gasteiger partial charge is 0.487 e. The van der Waals surface area contributed by atoms with E-state index in [4.69, 9.17) is 16.3 Å². The molecule has 0 aliphatic carbocycles. The third kappa shape index (κ3) is 5.96.